The van der Waals surface area contributed by atoms with Gasteiger partial charge in [-0.05, 0) is 138 Å². The van der Waals surface area contributed by atoms with E-state index in [0.29, 0.717) is 69.1 Å². The number of hydrogen-bond acceptors (Lipinski definition) is 5. The third-order valence-electron chi connectivity index (χ3n) is 18.1. The minimum atomic E-state index is -0.484. The molecular formula is C53H92N6O5. The van der Waals surface area contributed by atoms with Crippen molar-refractivity contribution in [2.24, 2.45) is 40.4 Å². The van der Waals surface area contributed by atoms with Crippen LogP contribution < -0.4 is 16.0 Å². The van der Waals surface area contributed by atoms with Gasteiger partial charge in [-0.2, -0.15) is 0 Å². The molecule has 4 N–H and O–H groups in total. The Hall–Kier alpha value is -2.79. The molecule has 0 spiro atoms. The van der Waals surface area contributed by atoms with Crippen LogP contribution in [0.15, 0.2) is 18.9 Å². The van der Waals surface area contributed by atoms with Crippen molar-refractivity contribution in [2.75, 3.05) is 39.5 Å². The lowest BCUT2D eigenvalue weighted by molar-refractivity contribution is -0.132. The Balaban J connectivity index is 0.823. The zero-order chi connectivity index (χ0) is 45.6. The number of ether oxygens (including phenoxy) is 2. The maximum Gasteiger partial charge on any atom is 0.316 e. The molecule has 1 aliphatic heterocycles. The number of nitrogens with zero attached hydrogens (tertiary/aromatic N) is 2. The fourth-order valence-corrected chi connectivity index (χ4v) is 13.8. The SMILES string of the molecule is C=C[C@@]1(C)NC(=O)N[C@]1(C)CCCCCC(=O)NCCOCCOCCn1cc(CN(CCCCCCCC)C(=O)CCC[C@H]2CCC3C4CCC5CCCC[C@]5(C)C4CC[C@@]32C)[nH]1. The van der Waals surface area contributed by atoms with Gasteiger partial charge in [-0.3, -0.25) is 19.4 Å². The summed E-state index contributed by atoms with van der Waals surface area (Å²) in [6.45, 7) is 20.3. The first-order valence-electron chi connectivity index (χ1n) is 26.5. The number of rotatable bonds is 29. The molecule has 5 fully saturated rings. The highest BCUT2D eigenvalue weighted by molar-refractivity contribution is 5.80. The number of fused-ring (bicyclic) bond motifs is 5. The summed E-state index contributed by atoms with van der Waals surface area (Å²) >= 11 is 0. The fourth-order valence-electron chi connectivity index (χ4n) is 13.8. The van der Waals surface area contributed by atoms with Crippen LogP contribution in [0.4, 0.5) is 4.79 Å². The highest BCUT2D eigenvalue weighted by atomic mass is 16.5. The first-order valence-corrected chi connectivity index (χ1v) is 26.5. The van der Waals surface area contributed by atoms with E-state index in [1.807, 2.05) is 13.8 Å². The number of unbranched alkanes of at least 4 members (excludes halogenated alkanes) is 7. The molecule has 4 unspecified atom stereocenters. The molecular weight excluding hydrogens is 801 g/mol. The lowest BCUT2D eigenvalue weighted by atomic mass is 9.45. The molecule has 364 valence electrons. The third-order valence-corrected chi connectivity index (χ3v) is 18.1. The number of hydrogen-bond donors (Lipinski definition) is 4. The normalized spacial score (nSPS) is 32.0. The molecule has 9 atom stereocenters. The van der Waals surface area contributed by atoms with Crippen molar-refractivity contribution in [3.8, 4) is 0 Å². The Morgan fingerprint density at radius 2 is 1.58 bits per heavy atom. The fraction of sp³-hybridized carbons (Fsp3) is 0.868. The van der Waals surface area contributed by atoms with E-state index < -0.39 is 5.54 Å². The highest BCUT2D eigenvalue weighted by Crippen LogP contribution is 2.68. The van der Waals surface area contributed by atoms with Crippen LogP contribution in [0.5, 0.6) is 0 Å². The maximum absolute atomic E-state index is 13.9. The van der Waals surface area contributed by atoms with E-state index in [1.54, 1.807) is 6.08 Å². The van der Waals surface area contributed by atoms with Crippen LogP contribution in [0.2, 0.25) is 0 Å². The second kappa shape index (κ2) is 23.8. The number of aromatic nitrogens is 2. The predicted octanol–water partition coefficient (Wildman–Crippen LogP) is 10.8. The van der Waals surface area contributed by atoms with Crippen LogP contribution in [-0.2, 0) is 32.2 Å². The molecule has 6 rings (SSSR count). The predicted molar refractivity (Wildman–Crippen MR) is 258 cm³/mol. The summed E-state index contributed by atoms with van der Waals surface area (Å²) < 4.78 is 13.5. The third kappa shape index (κ3) is 12.6. The van der Waals surface area contributed by atoms with Gasteiger partial charge in [0.15, 0.2) is 0 Å². The second-order valence-corrected chi connectivity index (χ2v) is 22.1. The standard InChI is InChI=1S/C53H92N6O5/c1-7-9-10-11-12-18-33-58(48(61)23-19-21-42-25-27-45-44-26-24-41-20-15-17-29-50(41,3)46(44)28-31-51(42,45)4)39-43-40-59(57-43)34-36-64-38-37-63-35-32-54-47(60)22-14-13-16-30-53(6)52(5,8-2)55-49(62)56-53/h8,40-42,44-46,57H,2,7,9-39H2,1,3-6H3,(H,54,60)(H2,55,56,62)/t41?,42-,44?,45?,46?,50-,51+,52+,53+/m0/s1. The smallest absolute Gasteiger partial charge is 0.316 e. The van der Waals surface area contributed by atoms with E-state index in [9.17, 15) is 14.4 Å². The van der Waals surface area contributed by atoms with E-state index in [1.165, 1.54) is 103 Å². The van der Waals surface area contributed by atoms with Gasteiger partial charge < -0.3 is 30.3 Å². The number of carbonyl (C=O) groups is 3. The van der Waals surface area contributed by atoms with Crippen LogP contribution in [0.1, 0.15) is 194 Å². The molecule has 64 heavy (non-hydrogen) atoms. The molecule has 0 bridgehead atoms. The summed E-state index contributed by atoms with van der Waals surface area (Å²) in [5.41, 5.74) is 1.32. The monoisotopic (exact) mass is 893 g/mol. The van der Waals surface area contributed by atoms with Crippen molar-refractivity contribution in [3.05, 3.63) is 24.5 Å². The number of urea groups is 1. The number of amides is 4. The molecule has 1 aromatic heterocycles. The minimum Gasteiger partial charge on any atom is -0.377 e. The first-order chi connectivity index (χ1) is 30.8. The molecule has 4 aliphatic carbocycles. The Morgan fingerprint density at radius 3 is 2.38 bits per heavy atom. The van der Waals surface area contributed by atoms with Gasteiger partial charge in [0.2, 0.25) is 11.8 Å². The van der Waals surface area contributed by atoms with Gasteiger partial charge in [0, 0.05) is 32.1 Å². The zero-order valence-corrected chi connectivity index (χ0v) is 41.3. The average Bonchev–Trinajstić information content (AvgIpc) is 3.72. The summed E-state index contributed by atoms with van der Waals surface area (Å²) in [5.74, 6) is 4.96. The minimum absolute atomic E-state index is 0.0380. The first kappa shape index (κ1) is 50.6. The van der Waals surface area contributed by atoms with E-state index in [0.717, 1.165) is 86.9 Å². The number of aromatic amines is 1. The van der Waals surface area contributed by atoms with Crippen LogP contribution >= 0.6 is 0 Å². The van der Waals surface area contributed by atoms with E-state index >= 15 is 0 Å². The summed E-state index contributed by atoms with van der Waals surface area (Å²) in [5, 5.41) is 12.4. The summed E-state index contributed by atoms with van der Waals surface area (Å²) in [4.78, 5) is 40.2. The van der Waals surface area contributed by atoms with Crippen LogP contribution in [-0.4, -0.2) is 83.1 Å². The summed E-state index contributed by atoms with van der Waals surface area (Å²) in [6, 6.07) is -0.160. The van der Waals surface area contributed by atoms with Crippen molar-refractivity contribution in [2.45, 2.75) is 213 Å². The number of carbonyl (C=O) groups excluding carboxylic acids is 3. The molecule has 11 nitrogen and oxygen atoms in total. The van der Waals surface area contributed by atoms with Crippen molar-refractivity contribution in [3.63, 3.8) is 0 Å². The van der Waals surface area contributed by atoms with Crippen molar-refractivity contribution in [1.29, 1.82) is 0 Å². The Morgan fingerprint density at radius 1 is 0.828 bits per heavy atom. The largest absolute Gasteiger partial charge is 0.377 e. The van der Waals surface area contributed by atoms with Gasteiger partial charge in [-0.15, -0.1) is 6.58 Å². The quantitative estimate of drug-likeness (QED) is 0.0470. The lowest BCUT2D eigenvalue weighted by Crippen LogP contribution is -2.54. The highest BCUT2D eigenvalue weighted by Gasteiger charge is 2.59. The molecule has 0 aromatic carbocycles. The van der Waals surface area contributed by atoms with E-state index in [2.05, 4.69) is 64.2 Å². The topological polar surface area (TPSA) is 130 Å². The van der Waals surface area contributed by atoms with Gasteiger partial charge in [0.1, 0.15) is 0 Å². The van der Waals surface area contributed by atoms with Gasteiger partial charge in [-0.1, -0.05) is 84.6 Å². The van der Waals surface area contributed by atoms with Crippen LogP contribution in [0.25, 0.3) is 0 Å². The van der Waals surface area contributed by atoms with Gasteiger partial charge >= 0.3 is 6.03 Å². The average molecular weight is 893 g/mol. The molecule has 4 amide bonds. The molecule has 0 radical (unpaired) electrons. The molecule has 1 aromatic rings. The van der Waals surface area contributed by atoms with Crippen LogP contribution in [0, 0.1) is 40.4 Å². The lowest BCUT2D eigenvalue weighted by Gasteiger charge is -2.60. The van der Waals surface area contributed by atoms with Gasteiger partial charge in [0.25, 0.3) is 0 Å². The number of H-pyrrole nitrogens is 1. The summed E-state index contributed by atoms with van der Waals surface area (Å²) in [7, 11) is 0. The molecule has 5 aliphatic rings. The molecule has 1 saturated heterocycles. The van der Waals surface area contributed by atoms with Crippen LogP contribution in [0.3, 0.4) is 0 Å². The van der Waals surface area contributed by atoms with E-state index in [4.69, 9.17) is 9.47 Å². The van der Waals surface area contributed by atoms with Crippen molar-refractivity contribution >= 4 is 17.8 Å². The van der Waals surface area contributed by atoms with Gasteiger partial charge in [-0.25, -0.2) is 4.79 Å². The van der Waals surface area contributed by atoms with E-state index in [-0.39, 0.29) is 17.5 Å². The summed E-state index contributed by atoms with van der Waals surface area (Å²) in [6.07, 6.45) is 32.7. The van der Waals surface area contributed by atoms with Crippen molar-refractivity contribution < 1.29 is 23.9 Å². The number of nitrogens with one attached hydrogen (secondary N) is 4. The molecule has 2 heterocycles. The molecule has 11 heteroatoms. The Bertz CT molecular complexity index is 1610. The van der Waals surface area contributed by atoms with Crippen molar-refractivity contribution in [1.82, 2.24) is 30.6 Å². The Labute approximate surface area is 388 Å². The Kier molecular flexibility index (Phi) is 18.8. The molecule has 4 saturated carbocycles. The maximum atomic E-state index is 13.9. The van der Waals surface area contributed by atoms with Gasteiger partial charge in [0.05, 0.1) is 56.3 Å². The second-order valence-electron chi connectivity index (χ2n) is 22.1. The zero-order valence-electron chi connectivity index (χ0n) is 41.3.